The number of rotatable bonds is 6. The molecule has 0 aliphatic carbocycles. The summed E-state index contributed by atoms with van der Waals surface area (Å²) in [7, 11) is 0. The van der Waals surface area contributed by atoms with E-state index in [2.05, 4.69) is 5.32 Å². The SMILES string of the molecule is CC(C)C(CCO)NC(=O)c1cc(Cl)cc([N+](=O)[O-])c1. The Morgan fingerprint density at radius 2 is 2.10 bits per heavy atom. The number of nitro groups is 1. The molecule has 7 heteroatoms. The lowest BCUT2D eigenvalue weighted by Gasteiger charge is -2.21. The van der Waals surface area contributed by atoms with E-state index in [1.165, 1.54) is 18.2 Å². The highest BCUT2D eigenvalue weighted by molar-refractivity contribution is 6.31. The zero-order chi connectivity index (χ0) is 15.3. The molecule has 6 nitrogen and oxygen atoms in total. The molecular formula is C13H17ClN2O4. The molecule has 0 saturated carbocycles. The number of nitro benzene ring substituents is 1. The number of nitrogens with zero attached hydrogens (tertiary/aromatic N) is 1. The standard InChI is InChI=1S/C13H17ClN2O4/c1-8(2)12(3-4-17)15-13(18)9-5-10(14)7-11(6-9)16(19)20/h5-8,12,17H,3-4H2,1-2H3,(H,15,18). The maximum Gasteiger partial charge on any atom is 0.271 e. The summed E-state index contributed by atoms with van der Waals surface area (Å²) in [6, 6.07) is 3.54. The monoisotopic (exact) mass is 300 g/mol. The molecule has 2 N–H and O–H groups in total. The molecule has 0 radical (unpaired) electrons. The average molecular weight is 301 g/mol. The molecule has 110 valence electrons. The quantitative estimate of drug-likeness (QED) is 0.623. The Hall–Kier alpha value is -1.66. The van der Waals surface area contributed by atoms with E-state index in [-0.39, 0.29) is 34.8 Å². The second-order valence-electron chi connectivity index (χ2n) is 4.79. The summed E-state index contributed by atoms with van der Waals surface area (Å²) >= 11 is 5.77. The zero-order valence-corrected chi connectivity index (χ0v) is 12.1. The van der Waals surface area contributed by atoms with E-state index in [9.17, 15) is 14.9 Å². The van der Waals surface area contributed by atoms with Gasteiger partial charge in [0, 0.05) is 35.4 Å². The first kappa shape index (κ1) is 16.4. The van der Waals surface area contributed by atoms with Crippen LogP contribution in [0.3, 0.4) is 0 Å². The van der Waals surface area contributed by atoms with Gasteiger partial charge in [0.2, 0.25) is 0 Å². The number of amides is 1. The van der Waals surface area contributed by atoms with Crippen LogP contribution in [0.15, 0.2) is 18.2 Å². The fourth-order valence-corrected chi connectivity index (χ4v) is 2.00. The van der Waals surface area contributed by atoms with Gasteiger partial charge in [-0.25, -0.2) is 0 Å². The average Bonchev–Trinajstić information content (AvgIpc) is 2.37. The van der Waals surface area contributed by atoms with Gasteiger partial charge in [0.05, 0.1) is 4.92 Å². The van der Waals surface area contributed by atoms with E-state index in [0.29, 0.717) is 6.42 Å². The summed E-state index contributed by atoms with van der Waals surface area (Å²) in [5, 5.41) is 22.6. The first-order chi connectivity index (χ1) is 9.35. The normalized spacial score (nSPS) is 12.2. The summed E-state index contributed by atoms with van der Waals surface area (Å²) in [5.41, 5.74) is -0.0984. The van der Waals surface area contributed by atoms with Crippen LogP contribution < -0.4 is 5.32 Å². The fraction of sp³-hybridized carbons (Fsp3) is 0.462. The van der Waals surface area contributed by atoms with Crippen LogP contribution in [0.5, 0.6) is 0 Å². The third-order valence-electron chi connectivity index (χ3n) is 2.92. The largest absolute Gasteiger partial charge is 0.396 e. The molecule has 0 saturated heterocycles. The molecule has 1 aromatic rings. The highest BCUT2D eigenvalue weighted by Crippen LogP contribution is 2.21. The van der Waals surface area contributed by atoms with E-state index in [1.54, 1.807) is 0 Å². The molecular weight excluding hydrogens is 284 g/mol. The van der Waals surface area contributed by atoms with Crippen molar-refractivity contribution in [1.82, 2.24) is 5.32 Å². The summed E-state index contributed by atoms with van der Waals surface area (Å²) in [5.74, 6) is -0.303. The predicted molar refractivity (Wildman–Crippen MR) is 75.9 cm³/mol. The molecule has 1 unspecified atom stereocenters. The number of hydrogen-bond acceptors (Lipinski definition) is 4. The Kier molecular flexibility index (Phi) is 5.91. The van der Waals surface area contributed by atoms with Crippen LogP contribution in [-0.2, 0) is 0 Å². The number of halogens is 1. The summed E-state index contributed by atoms with van der Waals surface area (Å²) < 4.78 is 0. The molecule has 1 rings (SSSR count). The minimum atomic E-state index is -0.601. The predicted octanol–water partition coefficient (Wildman–Crippen LogP) is 2.39. The van der Waals surface area contributed by atoms with Gasteiger partial charge >= 0.3 is 0 Å². The van der Waals surface area contributed by atoms with Crippen molar-refractivity contribution >= 4 is 23.2 Å². The van der Waals surface area contributed by atoms with Crippen molar-refractivity contribution in [3.63, 3.8) is 0 Å². The molecule has 0 aromatic heterocycles. The lowest BCUT2D eigenvalue weighted by atomic mass is 10.0. The van der Waals surface area contributed by atoms with Crippen molar-refractivity contribution in [2.24, 2.45) is 5.92 Å². The first-order valence-corrected chi connectivity index (χ1v) is 6.59. The number of non-ortho nitro benzene ring substituents is 1. The topological polar surface area (TPSA) is 92.5 Å². The maximum atomic E-state index is 12.1. The molecule has 1 aromatic carbocycles. The Balaban J connectivity index is 2.94. The fourth-order valence-electron chi connectivity index (χ4n) is 1.77. The van der Waals surface area contributed by atoms with Crippen LogP contribution in [0.4, 0.5) is 5.69 Å². The van der Waals surface area contributed by atoms with Gasteiger partial charge < -0.3 is 10.4 Å². The van der Waals surface area contributed by atoms with E-state index < -0.39 is 10.8 Å². The van der Waals surface area contributed by atoms with Gasteiger partial charge in [-0.05, 0) is 18.4 Å². The van der Waals surface area contributed by atoms with E-state index in [1.807, 2.05) is 13.8 Å². The number of aliphatic hydroxyl groups excluding tert-OH is 1. The van der Waals surface area contributed by atoms with E-state index in [4.69, 9.17) is 16.7 Å². The van der Waals surface area contributed by atoms with Crippen LogP contribution in [0.25, 0.3) is 0 Å². The molecule has 0 spiro atoms. The smallest absolute Gasteiger partial charge is 0.271 e. The molecule has 0 aliphatic rings. The first-order valence-electron chi connectivity index (χ1n) is 6.22. The van der Waals surface area contributed by atoms with Crippen molar-refractivity contribution in [2.45, 2.75) is 26.3 Å². The van der Waals surface area contributed by atoms with Crippen molar-refractivity contribution < 1.29 is 14.8 Å². The molecule has 0 heterocycles. The Morgan fingerprint density at radius 1 is 1.45 bits per heavy atom. The minimum absolute atomic E-state index is 0.0428. The van der Waals surface area contributed by atoms with Crippen molar-refractivity contribution in [3.05, 3.63) is 38.9 Å². The maximum absolute atomic E-state index is 12.1. The van der Waals surface area contributed by atoms with E-state index >= 15 is 0 Å². The highest BCUT2D eigenvalue weighted by Gasteiger charge is 2.19. The van der Waals surface area contributed by atoms with Crippen LogP contribution in [0, 0.1) is 16.0 Å². The van der Waals surface area contributed by atoms with Crippen LogP contribution >= 0.6 is 11.6 Å². The van der Waals surface area contributed by atoms with Gasteiger partial charge in [0.1, 0.15) is 0 Å². The number of nitrogens with one attached hydrogen (secondary N) is 1. The minimum Gasteiger partial charge on any atom is -0.396 e. The number of carbonyl (C=O) groups is 1. The van der Waals surface area contributed by atoms with Gasteiger partial charge in [-0.1, -0.05) is 25.4 Å². The van der Waals surface area contributed by atoms with Crippen molar-refractivity contribution in [1.29, 1.82) is 0 Å². The van der Waals surface area contributed by atoms with Gasteiger partial charge in [0.15, 0.2) is 0 Å². The lowest BCUT2D eigenvalue weighted by molar-refractivity contribution is -0.384. The summed E-state index contributed by atoms with van der Waals surface area (Å²) in [6.07, 6.45) is 0.423. The van der Waals surface area contributed by atoms with Crippen molar-refractivity contribution in [2.75, 3.05) is 6.61 Å². The number of carbonyl (C=O) groups excluding carboxylic acids is 1. The second kappa shape index (κ2) is 7.21. The van der Waals surface area contributed by atoms with Crippen LogP contribution in [-0.4, -0.2) is 28.6 Å². The van der Waals surface area contributed by atoms with Gasteiger partial charge in [-0.2, -0.15) is 0 Å². The summed E-state index contributed by atoms with van der Waals surface area (Å²) in [4.78, 5) is 22.2. The van der Waals surface area contributed by atoms with Gasteiger partial charge in [0.25, 0.3) is 11.6 Å². The third-order valence-corrected chi connectivity index (χ3v) is 3.14. The molecule has 1 atom stereocenters. The molecule has 0 fully saturated rings. The second-order valence-corrected chi connectivity index (χ2v) is 5.23. The van der Waals surface area contributed by atoms with Crippen LogP contribution in [0.1, 0.15) is 30.6 Å². The molecule has 0 bridgehead atoms. The molecule has 1 amide bonds. The molecule has 20 heavy (non-hydrogen) atoms. The lowest BCUT2D eigenvalue weighted by Crippen LogP contribution is -2.39. The van der Waals surface area contributed by atoms with Crippen molar-refractivity contribution in [3.8, 4) is 0 Å². The number of hydrogen-bond donors (Lipinski definition) is 2. The Morgan fingerprint density at radius 3 is 2.60 bits per heavy atom. The number of benzene rings is 1. The highest BCUT2D eigenvalue weighted by atomic mass is 35.5. The Labute approximate surface area is 121 Å². The summed E-state index contributed by atoms with van der Waals surface area (Å²) in [6.45, 7) is 3.79. The van der Waals surface area contributed by atoms with Crippen LogP contribution in [0.2, 0.25) is 5.02 Å². The van der Waals surface area contributed by atoms with Gasteiger partial charge in [-0.15, -0.1) is 0 Å². The molecule has 0 aliphatic heterocycles. The zero-order valence-electron chi connectivity index (χ0n) is 11.3. The van der Waals surface area contributed by atoms with Gasteiger partial charge in [-0.3, -0.25) is 14.9 Å². The Bertz CT molecular complexity index is 505. The van der Waals surface area contributed by atoms with E-state index in [0.717, 1.165) is 0 Å². The third kappa shape index (κ3) is 4.47. The number of aliphatic hydroxyl groups is 1.